The maximum Gasteiger partial charge on any atom is 0.172 e. The zero-order valence-electron chi connectivity index (χ0n) is 13.4. The van der Waals surface area contributed by atoms with Gasteiger partial charge in [-0.15, -0.1) is 0 Å². The molecule has 1 rings (SSSR count). The molecule has 3 nitrogen and oxygen atoms in total. The topological polar surface area (TPSA) is 30.5 Å². The van der Waals surface area contributed by atoms with E-state index in [0.29, 0.717) is 25.2 Å². The highest BCUT2D eigenvalue weighted by Gasteiger charge is 2.34. The molecule has 114 valence electrons. The van der Waals surface area contributed by atoms with E-state index in [-0.39, 0.29) is 6.29 Å². The zero-order chi connectivity index (χ0) is 14.3. The van der Waals surface area contributed by atoms with Gasteiger partial charge in [-0.1, -0.05) is 27.2 Å². The maximum absolute atomic E-state index is 5.83. The molecule has 0 saturated heterocycles. The van der Waals surface area contributed by atoms with Gasteiger partial charge in [0, 0.05) is 13.2 Å². The van der Waals surface area contributed by atoms with Gasteiger partial charge in [0.2, 0.25) is 0 Å². The van der Waals surface area contributed by atoms with Crippen LogP contribution in [0.5, 0.6) is 0 Å². The van der Waals surface area contributed by atoms with Crippen LogP contribution in [0.15, 0.2) is 0 Å². The monoisotopic (exact) mass is 271 g/mol. The molecule has 0 spiro atoms. The molecule has 1 aliphatic carbocycles. The summed E-state index contributed by atoms with van der Waals surface area (Å²) in [4.78, 5) is 0. The Bertz CT molecular complexity index is 229. The lowest BCUT2D eigenvalue weighted by molar-refractivity contribution is -0.165. The average Bonchev–Trinajstić information content (AvgIpc) is 2.39. The summed E-state index contributed by atoms with van der Waals surface area (Å²) in [6, 6.07) is 0.333. The first-order chi connectivity index (χ1) is 9.13. The molecule has 0 amide bonds. The van der Waals surface area contributed by atoms with Crippen LogP contribution in [0.3, 0.4) is 0 Å². The predicted molar refractivity (Wildman–Crippen MR) is 80.2 cm³/mol. The van der Waals surface area contributed by atoms with Crippen molar-refractivity contribution in [3.8, 4) is 0 Å². The maximum atomic E-state index is 5.83. The summed E-state index contributed by atoms with van der Waals surface area (Å²) in [7, 11) is 0. The Morgan fingerprint density at radius 3 is 2.11 bits per heavy atom. The van der Waals surface area contributed by atoms with Gasteiger partial charge in [0.25, 0.3) is 0 Å². The van der Waals surface area contributed by atoms with E-state index < -0.39 is 0 Å². The van der Waals surface area contributed by atoms with Gasteiger partial charge in [0.15, 0.2) is 6.29 Å². The van der Waals surface area contributed by atoms with Crippen LogP contribution in [0.25, 0.3) is 0 Å². The largest absolute Gasteiger partial charge is 0.351 e. The first-order valence-electron chi connectivity index (χ1n) is 8.10. The second kappa shape index (κ2) is 8.93. The van der Waals surface area contributed by atoms with Gasteiger partial charge in [0.1, 0.15) is 0 Å². The summed E-state index contributed by atoms with van der Waals surface area (Å²) in [5.74, 6) is 2.34. The van der Waals surface area contributed by atoms with Gasteiger partial charge < -0.3 is 14.8 Å². The van der Waals surface area contributed by atoms with Crippen LogP contribution in [0.4, 0.5) is 0 Å². The molecule has 0 aromatic rings. The van der Waals surface area contributed by atoms with Gasteiger partial charge in [-0.05, 0) is 51.0 Å². The van der Waals surface area contributed by atoms with E-state index in [1.165, 1.54) is 19.3 Å². The Kier molecular flexibility index (Phi) is 7.96. The molecule has 19 heavy (non-hydrogen) atoms. The van der Waals surface area contributed by atoms with Crippen molar-refractivity contribution in [2.45, 2.75) is 66.2 Å². The quantitative estimate of drug-likeness (QED) is 0.686. The molecule has 1 saturated carbocycles. The van der Waals surface area contributed by atoms with Crippen molar-refractivity contribution in [1.29, 1.82) is 0 Å². The van der Waals surface area contributed by atoms with E-state index in [1.54, 1.807) is 0 Å². The highest BCUT2D eigenvalue weighted by Crippen LogP contribution is 2.36. The van der Waals surface area contributed by atoms with E-state index in [2.05, 4.69) is 26.1 Å². The third-order valence-electron chi connectivity index (χ3n) is 4.54. The Hall–Kier alpha value is -0.120. The molecule has 0 bridgehead atoms. The van der Waals surface area contributed by atoms with Crippen LogP contribution < -0.4 is 5.32 Å². The number of rotatable bonds is 8. The minimum atomic E-state index is -0.0967. The van der Waals surface area contributed by atoms with Crippen LogP contribution in [0.1, 0.15) is 53.9 Å². The molecule has 0 heterocycles. The van der Waals surface area contributed by atoms with E-state index in [4.69, 9.17) is 9.47 Å². The summed E-state index contributed by atoms with van der Waals surface area (Å²) < 4.78 is 11.7. The molecule has 3 heteroatoms. The van der Waals surface area contributed by atoms with Crippen molar-refractivity contribution in [2.24, 2.45) is 17.8 Å². The highest BCUT2D eigenvalue weighted by atomic mass is 16.7. The van der Waals surface area contributed by atoms with Gasteiger partial charge in [-0.25, -0.2) is 0 Å². The molecule has 0 radical (unpaired) electrons. The molecule has 0 aliphatic heterocycles. The Balaban J connectivity index is 2.68. The van der Waals surface area contributed by atoms with E-state index in [1.807, 2.05) is 13.8 Å². The number of hydrogen-bond donors (Lipinski definition) is 1. The second-order valence-electron chi connectivity index (χ2n) is 5.89. The van der Waals surface area contributed by atoms with Crippen molar-refractivity contribution in [2.75, 3.05) is 19.8 Å². The van der Waals surface area contributed by atoms with E-state index in [9.17, 15) is 0 Å². The highest BCUT2D eigenvalue weighted by molar-refractivity contribution is 4.85. The Morgan fingerprint density at radius 1 is 1.00 bits per heavy atom. The van der Waals surface area contributed by atoms with Crippen LogP contribution in [-0.2, 0) is 9.47 Å². The molecule has 1 aliphatic rings. The smallest absolute Gasteiger partial charge is 0.172 e. The molecular weight excluding hydrogens is 238 g/mol. The second-order valence-corrected chi connectivity index (χ2v) is 5.89. The van der Waals surface area contributed by atoms with Gasteiger partial charge in [-0.2, -0.15) is 0 Å². The summed E-state index contributed by atoms with van der Waals surface area (Å²) in [6.45, 7) is 13.4. The number of ether oxygens (including phenoxy) is 2. The van der Waals surface area contributed by atoms with Gasteiger partial charge in [0.05, 0.1) is 6.04 Å². The summed E-state index contributed by atoms with van der Waals surface area (Å²) in [5, 5.41) is 3.61. The fourth-order valence-corrected chi connectivity index (χ4v) is 3.22. The van der Waals surface area contributed by atoms with Crippen LogP contribution in [0, 0.1) is 17.8 Å². The standard InChI is InChI=1S/C16H33NO2/c1-6-17-15(16(18-7-2)19-8-3)14-10-9-12(4)13(5)11-14/h12-17H,6-11H2,1-5H3. The molecule has 4 atom stereocenters. The predicted octanol–water partition coefficient (Wildman–Crippen LogP) is 3.44. The van der Waals surface area contributed by atoms with Crippen molar-refractivity contribution < 1.29 is 9.47 Å². The minimum absolute atomic E-state index is 0.0967. The first-order valence-corrected chi connectivity index (χ1v) is 8.10. The Labute approximate surface area is 119 Å². The minimum Gasteiger partial charge on any atom is -0.351 e. The first kappa shape index (κ1) is 16.9. The van der Waals surface area contributed by atoms with Gasteiger partial charge >= 0.3 is 0 Å². The van der Waals surface area contributed by atoms with Crippen molar-refractivity contribution in [3.63, 3.8) is 0 Å². The number of nitrogens with one attached hydrogen (secondary N) is 1. The lowest BCUT2D eigenvalue weighted by Crippen LogP contribution is -2.49. The van der Waals surface area contributed by atoms with Crippen LogP contribution in [-0.4, -0.2) is 32.1 Å². The third kappa shape index (κ3) is 5.05. The summed E-state index contributed by atoms with van der Waals surface area (Å²) >= 11 is 0. The number of likely N-dealkylation sites (N-methyl/N-ethyl adjacent to an activating group) is 1. The van der Waals surface area contributed by atoms with Crippen molar-refractivity contribution in [3.05, 3.63) is 0 Å². The Morgan fingerprint density at radius 2 is 1.63 bits per heavy atom. The third-order valence-corrected chi connectivity index (χ3v) is 4.54. The van der Waals surface area contributed by atoms with E-state index >= 15 is 0 Å². The fraction of sp³-hybridized carbons (Fsp3) is 1.00. The van der Waals surface area contributed by atoms with Gasteiger partial charge in [-0.3, -0.25) is 0 Å². The molecule has 0 aromatic carbocycles. The summed E-state index contributed by atoms with van der Waals surface area (Å²) in [6.07, 6.45) is 3.81. The zero-order valence-corrected chi connectivity index (χ0v) is 13.4. The number of hydrogen-bond acceptors (Lipinski definition) is 3. The van der Waals surface area contributed by atoms with Crippen LogP contribution >= 0.6 is 0 Å². The van der Waals surface area contributed by atoms with Crippen molar-refractivity contribution >= 4 is 0 Å². The lowest BCUT2D eigenvalue weighted by Gasteiger charge is -2.39. The molecular formula is C16H33NO2. The van der Waals surface area contributed by atoms with Crippen LogP contribution in [0.2, 0.25) is 0 Å². The molecule has 1 N–H and O–H groups in total. The molecule has 1 fully saturated rings. The van der Waals surface area contributed by atoms with E-state index in [0.717, 1.165) is 18.4 Å². The lowest BCUT2D eigenvalue weighted by atomic mass is 9.73. The fourth-order valence-electron chi connectivity index (χ4n) is 3.22. The van der Waals surface area contributed by atoms with Crippen molar-refractivity contribution in [1.82, 2.24) is 5.32 Å². The normalized spacial score (nSPS) is 29.7. The molecule has 0 aromatic heterocycles. The molecule has 4 unspecified atom stereocenters. The SMILES string of the molecule is CCNC(C1CCC(C)C(C)C1)C(OCC)OCC. The summed E-state index contributed by atoms with van der Waals surface area (Å²) in [5.41, 5.74) is 0. The average molecular weight is 271 g/mol.